The first-order valence-electron chi connectivity index (χ1n) is 12.1. The minimum absolute atomic E-state index is 0.172. The third-order valence-corrected chi connectivity index (χ3v) is 5.78. The molecule has 0 spiro atoms. The summed E-state index contributed by atoms with van der Waals surface area (Å²) in [6, 6.07) is 0. The summed E-state index contributed by atoms with van der Waals surface area (Å²) < 4.78 is 4.58. The molecule has 162 valence electrons. The van der Waals surface area contributed by atoms with Crippen LogP contribution in [-0.4, -0.2) is 11.9 Å². The van der Waals surface area contributed by atoms with Crippen LogP contribution in [0.1, 0.15) is 129 Å². The second kappa shape index (κ2) is 17.9. The lowest BCUT2D eigenvalue weighted by Gasteiger charge is -2.03. The van der Waals surface area contributed by atoms with Crippen molar-refractivity contribution in [2.75, 3.05) is 0 Å². The molecule has 0 saturated carbocycles. The number of carbonyl (C=O) groups is 2. The van der Waals surface area contributed by atoms with Gasteiger partial charge in [-0.2, -0.15) is 0 Å². The Morgan fingerprint density at radius 2 is 1.18 bits per heavy atom. The summed E-state index contributed by atoms with van der Waals surface area (Å²) in [6.45, 7) is 2.28. The summed E-state index contributed by atoms with van der Waals surface area (Å²) in [6.07, 6.45) is 28.3. The molecule has 0 aromatic rings. The molecule has 0 bridgehead atoms. The Labute approximate surface area is 173 Å². The minimum Gasteiger partial charge on any atom is -0.393 e. The average Bonchev–Trinajstić information content (AvgIpc) is 3.00. The second-order valence-corrected chi connectivity index (χ2v) is 8.48. The predicted molar refractivity (Wildman–Crippen MR) is 117 cm³/mol. The van der Waals surface area contributed by atoms with Gasteiger partial charge in [0.05, 0.1) is 12.3 Å². The van der Waals surface area contributed by atoms with Gasteiger partial charge in [-0.15, -0.1) is 0 Å². The molecule has 1 heterocycles. The number of ether oxygens (including phenoxy) is 1. The van der Waals surface area contributed by atoms with Crippen molar-refractivity contribution in [3.63, 3.8) is 0 Å². The van der Waals surface area contributed by atoms with Gasteiger partial charge < -0.3 is 4.74 Å². The van der Waals surface area contributed by atoms with E-state index < -0.39 is 0 Å². The fourth-order valence-electron chi connectivity index (χ4n) is 3.91. The van der Waals surface area contributed by atoms with Crippen molar-refractivity contribution in [1.29, 1.82) is 0 Å². The summed E-state index contributed by atoms with van der Waals surface area (Å²) in [5, 5.41) is 0. The summed E-state index contributed by atoms with van der Waals surface area (Å²) in [5.74, 6) is -0.836. The van der Waals surface area contributed by atoms with Crippen molar-refractivity contribution in [1.82, 2.24) is 0 Å². The Balaban J connectivity index is 1.74. The number of carbonyl (C=O) groups excluding carboxylic acids is 2. The Morgan fingerprint density at radius 3 is 1.64 bits per heavy atom. The van der Waals surface area contributed by atoms with Gasteiger partial charge in [0.2, 0.25) is 0 Å². The van der Waals surface area contributed by atoms with E-state index in [1.165, 1.54) is 89.9 Å². The summed E-state index contributed by atoms with van der Waals surface area (Å²) in [7, 11) is 0. The number of cyclic esters (lactones) is 2. The van der Waals surface area contributed by atoms with Crippen LogP contribution in [0.15, 0.2) is 12.2 Å². The monoisotopic (exact) mass is 392 g/mol. The van der Waals surface area contributed by atoms with E-state index in [1.807, 2.05) is 0 Å². The van der Waals surface area contributed by atoms with Gasteiger partial charge in [0, 0.05) is 0 Å². The zero-order valence-electron chi connectivity index (χ0n) is 18.4. The van der Waals surface area contributed by atoms with Gasteiger partial charge in [-0.1, -0.05) is 103 Å². The molecule has 1 atom stereocenters. The van der Waals surface area contributed by atoms with E-state index in [4.69, 9.17) is 0 Å². The molecule has 1 aliphatic rings. The van der Waals surface area contributed by atoms with E-state index in [9.17, 15) is 9.59 Å². The maximum Gasteiger partial charge on any atom is 0.317 e. The van der Waals surface area contributed by atoms with Crippen LogP contribution in [-0.2, 0) is 14.3 Å². The molecule has 3 nitrogen and oxygen atoms in total. The van der Waals surface area contributed by atoms with Crippen molar-refractivity contribution in [3.05, 3.63) is 12.2 Å². The smallest absolute Gasteiger partial charge is 0.317 e. The van der Waals surface area contributed by atoms with Gasteiger partial charge in [-0.05, 0) is 32.1 Å². The van der Waals surface area contributed by atoms with E-state index in [-0.39, 0.29) is 24.3 Å². The van der Waals surface area contributed by atoms with Gasteiger partial charge >= 0.3 is 11.9 Å². The Kier molecular flexibility index (Phi) is 16.0. The third-order valence-electron chi connectivity index (χ3n) is 5.78. The van der Waals surface area contributed by atoms with E-state index in [1.54, 1.807) is 0 Å². The first-order valence-corrected chi connectivity index (χ1v) is 12.1. The van der Waals surface area contributed by atoms with Gasteiger partial charge in [-0.25, -0.2) is 0 Å². The number of esters is 2. The van der Waals surface area contributed by atoms with Crippen molar-refractivity contribution < 1.29 is 14.3 Å². The van der Waals surface area contributed by atoms with E-state index >= 15 is 0 Å². The van der Waals surface area contributed by atoms with Crippen molar-refractivity contribution in [3.8, 4) is 0 Å². The minimum atomic E-state index is -0.351. The van der Waals surface area contributed by atoms with Crippen LogP contribution in [0.3, 0.4) is 0 Å². The topological polar surface area (TPSA) is 43.4 Å². The molecule has 0 aromatic carbocycles. The first-order chi connectivity index (χ1) is 13.7. The standard InChI is InChI=1S/C25H44O3/c1-2-3-4-5-6-7-8-9-10-11-12-13-14-15-16-17-18-19-20-21-23-22-24(26)28-25(23)27/h15-16,23H,2-14,17-22H2,1H3/b16-15+. The van der Waals surface area contributed by atoms with Crippen LogP contribution >= 0.6 is 0 Å². The maximum absolute atomic E-state index is 11.4. The molecule has 0 radical (unpaired) electrons. The lowest BCUT2D eigenvalue weighted by atomic mass is 9.99. The third kappa shape index (κ3) is 14.0. The van der Waals surface area contributed by atoms with E-state index in [0.29, 0.717) is 0 Å². The first kappa shape index (κ1) is 24.9. The molecule has 1 unspecified atom stereocenters. The van der Waals surface area contributed by atoms with Gasteiger partial charge in [0.15, 0.2) is 0 Å². The normalized spacial score (nSPS) is 17.0. The van der Waals surface area contributed by atoms with E-state index in [0.717, 1.165) is 25.7 Å². The largest absolute Gasteiger partial charge is 0.393 e. The zero-order chi connectivity index (χ0) is 20.3. The Morgan fingerprint density at radius 1 is 0.714 bits per heavy atom. The maximum atomic E-state index is 11.4. The Hall–Kier alpha value is -1.12. The molecule has 1 saturated heterocycles. The highest BCUT2D eigenvalue weighted by molar-refractivity contribution is 5.94. The SMILES string of the molecule is CCCCCCCCCCCCCC/C=C/CCCCCC1CC(=O)OC1=O. The van der Waals surface area contributed by atoms with Crippen LogP contribution in [0.4, 0.5) is 0 Å². The molecule has 0 aliphatic carbocycles. The predicted octanol–water partition coefficient (Wildman–Crippen LogP) is 7.67. The number of allylic oxidation sites excluding steroid dienone is 2. The van der Waals surface area contributed by atoms with Gasteiger partial charge in [-0.3, -0.25) is 9.59 Å². The number of hydrogen-bond donors (Lipinski definition) is 0. The van der Waals surface area contributed by atoms with Gasteiger partial charge in [0.1, 0.15) is 0 Å². The summed E-state index contributed by atoms with van der Waals surface area (Å²) in [4.78, 5) is 22.4. The molecule has 1 rings (SSSR count). The second-order valence-electron chi connectivity index (χ2n) is 8.48. The quantitative estimate of drug-likeness (QED) is 0.0980. The number of hydrogen-bond acceptors (Lipinski definition) is 3. The highest BCUT2D eigenvalue weighted by Gasteiger charge is 2.32. The van der Waals surface area contributed by atoms with Crippen LogP contribution in [0, 0.1) is 5.92 Å². The van der Waals surface area contributed by atoms with Crippen LogP contribution < -0.4 is 0 Å². The molecule has 1 fully saturated rings. The number of rotatable bonds is 19. The highest BCUT2D eigenvalue weighted by atomic mass is 16.6. The molecule has 28 heavy (non-hydrogen) atoms. The Bertz CT molecular complexity index is 428. The van der Waals surface area contributed by atoms with Crippen molar-refractivity contribution in [2.24, 2.45) is 5.92 Å². The molecule has 0 aromatic heterocycles. The van der Waals surface area contributed by atoms with Crippen LogP contribution in [0.25, 0.3) is 0 Å². The average molecular weight is 393 g/mol. The van der Waals surface area contributed by atoms with Crippen LogP contribution in [0.5, 0.6) is 0 Å². The zero-order valence-corrected chi connectivity index (χ0v) is 18.4. The summed E-state index contributed by atoms with van der Waals surface area (Å²) >= 11 is 0. The molecule has 1 aliphatic heterocycles. The summed E-state index contributed by atoms with van der Waals surface area (Å²) in [5.41, 5.74) is 0. The lowest BCUT2D eigenvalue weighted by Crippen LogP contribution is -2.06. The van der Waals surface area contributed by atoms with Crippen molar-refractivity contribution >= 4 is 11.9 Å². The molecular formula is C25H44O3. The highest BCUT2D eigenvalue weighted by Crippen LogP contribution is 2.22. The fourth-order valence-corrected chi connectivity index (χ4v) is 3.91. The van der Waals surface area contributed by atoms with Crippen molar-refractivity contribution in [2.45, 2.75) is 129 Å². The lowest BCUT2D eigenvalue weighted by molar-refractivity contribution is -0.153. The van der Waals surface area contributed by atoms with Crippen LogP contribution in [0.2, 0.25) is 0 Å². The molecule has 3 heteroatoms. The fraction of sp³-hybridized carbons (Fsp3) is 0.840. The van der Waals surface area contributed by atoms with E-state index in [2.05, 4.69) is 23.8 Å². The molecule has 0 amide bonds. The molecule has 0 N–H and O–H groups in total. The molecular weight excluding hydrogens is 348 g/mol. The van der Waals surface area contributed by atoms with Gasteiger partial charge in [0.25, 0.3) is 0 Å². The number of unbranched alkanes of at least 4 members (excludes halogenated alkanes) is 15.